The Balaban J connectivity index is 0.00000645. The fourth-order valence-corrected chi connectivity index (χ4v) is 7.43. The van der Waals surface area contributed by atoms with Crippen molar-refractivity contribution in [2.24, 2.45) is 23.7 Å². The van der Waals surface area contributed by atoms with Crippen molar-refractivity contribution in [2.45, 2.75) is 142 Å². The maximum Gasteiger partial charge on any atom is 0.335 e. The number of aliphatic hydroxyl groups excluding tert-OH is 1. The summed E-state index contributed by atoms with van der Waals surface area (Å²) in [5, 5.41) is 44.1. The maximum atomic E-state index is 13.9. The maximum absolute atomic E-state index is 13.9. The molecule has 0 aromatic heterocycles. The summed E-state index contributed by atoms with van der Waals surface area (Å²) < 4.78 is 13.2. The molecule has 2 saturated heterocycles. The molecular weight excluding hydrogens is 550 g/mol. The highest BCUT2D eigenvalue weighted by Crippen LogP contribution is 2.48. The van der Waals surface area contributed by atoms with Gasteiger partial charge in [0.25, 0.3) is 0 Å². The summed E-state index contributed by atoms with van der Waals surface area (Å²) in [4.78, 5) is 25.6. The van der Waals surface area contributed by atoms with Crippen LogP contribution in [0.25, 0.3) is 0 Å². The lowest BCUT2D eigenvalue weighted by molar-refractivity contribution is -0.269. The van der Waals surface area contributed by atoms with Crippen LogP contribution in [0.2, 0.25) is 0 Å². The molecule has 1 aromatic rings. The van der Waals surface area contributed by atoms with Crippen LogP contribution < -0.4 is 11.3 Å². The quantitative estimate of drug-likeness (QED) is 0.225. The van der Waals surface area contributed by atoms with Gasteiger partial charge in [0.15, 0.2) is 0 Å². The summed E-state index contributed by atoms with van der Waals surface area (Å²) in [6.45, 7) is 15.3. The number of aliphatic hydroxyl groups is 2. The normalized spacial score (nSPS) is 32.0. The van der Waals surface area contributed by atoms with Crippen molar-refractivity contribution in [3.8, 4) is 5.75 Å². The second-order valence-corrected chi connectivity index (χ2v) is 13.2. The van der Waals surface area contributed by atoms with Crippen molar-refractivity contribution in [1.29, 1.82) is 0 Å². The van der Waals surface area contributed by atoms with E-state index < -0.39 is 34.9 Å². The molecule has 0 unspecified atom stereocenters. The molecule has 3 rings (SSSR count). The molecule has 0 saturated carbocycles. The molecule has 2 aliphatic rings. The van der Waals surface area contributed by atoms with E-state index in [9.17, 15) is 30.0 Å². The van der Waals surface area contributed by atoms with E-state index in [-0.39, 0.29) is 53.6 Å². The molecule has 2 heterocycles. The van der Waals surface area contributed by atoms with Gasteiger partial charge in [-0.25, -0.2) is 4.79 Å². The number of carboxylic acids is 1. The van der Waals surface area contributed by atoms with Gasteiger partial charge in [0.2, 0.25) is 0 Å². The van der Waals surface area contributed by atoms with E-state index in [1.54, 1.807) is 26.0 Å². The van der Waals surface area contributed by atoms with E-state index in [0.717, 1.165) is 12.8 Å². The summed E-state index contributed by atoms with van der Waals surface area (Å²) in [7, 11) is 0. The number of hydrogen-bond acceptors (Lipinski definition) is 7. The summed E-state index contributed by atoms with van der Waals surface area (Å²) >= 11 is 0. The lowest BCUT2D eigenvalue weighted by Gasteiger charge is -2.47. The molecule has 10 atom stereocenters. The number of aromatic carboxylic acids is 1. The molecular formula is C34H57NO8. The third-order valence-electron chi connectivity index (χ3n) is 10.6. The Morgan fingerprint density at radius 1 is 1.14 bits per heavy atom. The number of aryl methyl sites for hydroxylation is 2. The minimum Gasteiger partial charge on any atom is -0.872 e. The van der Waals surface area contributed by atoms with Crippen molar-refractivity contribution < 1.29 is 39.5 Å². The van der Waals surface area contributed by atoms with Gasteiger partial charge < -0.3 is 36.1 Å². The topological polar surface area (TPSA) is 173 Å². The first kappa shape index (κ1) is 37.1. The van der Waals surface area contributed by atoms with Gasteiger partial charge in [0.1, 0.15) is 5.78 Å². The highest BCUT2D eigenvalue weighted by Gasteiger charge is 2.55. The van der Waals surface area contributed by atoms with Crippen molar-refractivity contribution in [3.63, 3.8) is 0 Å². The summed E-state index contributed by atoms with van der Waals surface area (Å²) in [6.07, 6.45) is 3.21. The van der Waals surface area contributed by atoms with Crippen LogP contribution in [0.5, 0.6) is 5.75 Å². The molecule has 2 fully saturated rings. The second-order valence-electron chi connectivity index (χ2n) is 13.2. The average Bonchev–Trinajstić information content (AvgIpc) is 3.31. The van der Waals surface area contributed by atoms with E-state index in [4.69, 9.17) is 9.47 Å². The first-order chi connectivity index (χ1) is 19.7. The van der Waals surface area contributed by atoms with Crippen LogP contribution >= 0.6 is 0 Å². The Kier molecular flexibility index (Phi) is 12.8. The van der Waals surface area contributed by atoms with E-state index in [1.165, 1.54) is 0 Å². The second kappa shape index (κ2) is 14.8. The van der Waals surface area contributed by atoms with E-state index >= 15 is 0 Å². The summed E-state index contributed by atoms with van der Waals surface area (Å²) in [5.41, 5.74) is -0.730. The van der Waals surface area contributed by atoms with Crippen LogP contribution in [0, 0.1) is 30.6 Å². The number of ether oxygens (including phenoxy) is 2. The first-order valence-electron chi connectivity index (χ1n) is 16.0. The van der Waals surface area contributed by atoms with Crippen LogP contribution in [-0.4, -0.2) is 62.7 Å². The minimum atomic E-state index is -1.25. The number of quaternary nitrogens is 1. The Morgan fingerprint density at radius 2 is 1.79 bits per heavy atom. The lowest BCUT2D eigenvalue weighted by atomic mass is 9.76. The number of Topliss-reactive ketones (excluding diaryl/α,β-unsaturated/α-hetero) is 1. The van der Waals surface area contributed by atoms with Crippen molar-refractivity contribution in [1.82, 2.24) is 6.15 Å². The van der Waals surface area contributed by atoms with Gasteiger partial charge in [-0.2, -0.15) is 0 Å². The monoisotopic (exact) mass is 607 g/mol. The summed E-state index contributed by atoms with van der Waals surface area (Å²) in [6, 6.07) is 3.30. The Morgan fingerprint density at radius 3 is 2.33 bits per heavy atom. The fourth-order valence-electron chi connectivity index (χ4n) is 7.43. The van der Waals surface area contributed by atoms with Gasteiger partial charge in [-0.1, -0.05) is 65.0 Å². The molecule has 0 radical (unpaired) electrons. The van der Waals surface area contributed by atoms with Gasteiger partial charge in [-0.15, -0.1) is 0 Å². The molecule has 2 aliphatic heterocycles. The zero-order valence-corrected chi connectivity index (χ0v) is 27.8. The number of benzene rings is 1. The van der Waals surface area contributed by atoms with Gasteiger partial charge >= 0.3 is 5.97 Å². The number of carboxylic acid groups (broad SMARTS) is 1. The molecule has 0 spiro atoms. The van der Waals surface area contributed by atoms with Crippen LogP contribution in [0.4, 0.5) is 0 Å². The van der Waals surface area contributed by atoms with E-state index in [1.807, 2.05) is 27.7 Å². The van der Waals surface area contributed by atoms with Crippen molar-refractivity contribution >= 4 is 11.8 Å². The molecule has 9 heteroatoms. The Labute approximate surface area is 258 Å². The fraction of sp³-hybridized carbons (Fsp3) is 0.765. The molecule has 43 heavy (non-hydrogen) atoms. The SMILES string of the molecule is CC[C@@H](C(=O)[C@@H](C)[C@@H](O)[C@H](C)CCc1ccc(C)c([O-])c1C(=O)O)[C@H]1O[C@](CC)([C@H]2CC[C@](O)(CC)[C@H](C)O2)C[C@@H]1C.[NH4+]. The standard InChI is InChI=1S/C34H54O8.H3N/c1-9-25(31-21(6)18-34(11-3,42-31)26-16-17-33(40,10-2)23(8)41-26)30(37)22(7)28(35)19(4)12-14-24-15-13-20(5)29(36)27(24)32(38)39;/h13,15,19,21-23,25-26,28,31,35-36,40H,9-12,14,16-18H2,1-8H3,(H,38,39);1H3/t19-,21+,22+,23+,25+,26-,28+,31+,33-,34+;/m1./s1. The van der Waals surface area contributed by atoms with Gasteiger partial charge in [0, 0.05) is 11.8 Å². The highest BCUT2D eigenvalue weighted by atomic mass is 16.6. The third kappa shape index (κ3) is 7.44. The smallest absolute Gasteiger partial charge is 0.335 e. The zero-order valence-electron chi connectivity index (χ0n) is 27.8. The van der Waals surface area contributed by atoms with Crippen LogP contribution in [0.3, 0.4) is 0 Å². The number of ketones is 1. The third-order valence-corrected chi connectivity index (χ3v) is 10.6. The van der Waals surface area contributed by atoms with Crippen LogP contribution in [0.1, 0.15) is 115 Å². The first-order valence-corrected chi connectivity index (χ1v) is 16.0. The van der Waals surface area contributed by atoms with Gasteiger partial charge in [0.05, 0.1) is 41.2 Å². The van der Waals surface area contributed by atoms with E-state index in [2.05, 4.69) is 13.8 Å². The van der Waals surface area contributed by atoms with Gasteiger partial charge in [-0.3, -0.25) is 4.79 Å². The predicted octanol–water partition coefficient (Wildman–Crippen LogP) is 5.59. The average molecular weight is 608 g/mol. The lowest BCUT2D eigenvalue weighted by Crippen LogP contribution is -2.55. The zero-order chi connectivity index (χ0) is 31.6. The van der Waals surface area contributed by atoms with Crippen LogP contribution in [-0.2, 0) is 20.7 Å². The highest BCUT2D eigenvalue weighted by molar-refractivity contribution is 5.92. The van der Waals surface area contributed by atoms with E-state index in [0.29, 0.717) is 49.7 Å². The number of rotatable bonds is 13. The molecule has 9 nitrogen and oxygen atoms in total. The molecule has 0 aliphatic carbocycles. The Hall–Kier alpha value is -2.04. The molecule has 0 amide bonds. The molecule has 7 N–H and O–H groups in total. The van der Waals surface area contributed by atoms with Crippen LogP contribution in [0.15, 0.2) is 12.1 Å². The largest absolute Gasteiger partial charge is 0.872 e. The number of carbonyl (C=O) groups is 2. The minimum absolute atomic E-state index is 0. The molecule has 246 valence electrons. The van der Waals surface area contributed by atoms with Crippen molar-refractivity contribution in [2.75, 3.05) is 0 Å². The molecule has 1 aromatic carbocycles. The predicted molar refractivity (Wildman–Crippen MR) is 165 cm³/mol. The number of carbonyl (C=O) groups excluding carboxylic acids is 1. The Bertz CT molecular complexity index is 1110. The van der Waals surface area contributed by atoms with Gasteiger partial charge in [-0.05, 0) is 82.6 Å². The molecule has 0 bridgehead atoms. The summed E-state index contributed by atoms with van der Waals surface area (Å²) in [5.74, 6) is -2.92. The number of hydrogen-bond donors (Lipinski definition) is 4. The van der Waals surface area contributed by atoms with Crippen molar-refractivity contribution in [3.05, 3.63) is 28.8 Å².